The zero-order valence-corrected chi connectivity index (χ0v) is 24.2. The standard InChI is InChI=1S/C29H36N8O5/c1-17-26(39)37-13-5-6-24(35-37)27(40)42-18(2)19-7-8-20-16-31-22(15-21(20)14-19)9-11-29(3,4)28(41)34-23(25(38)33-17)10-12-32-36-30/h7-9,11,14-18,23-24,30,35H,5-6,10,12-13H2,1-4H3,(H-,33,34,38,41)/p+1/b11-9+/t17?,18-,23?,24?/m1/s1. The van der Waals surface area contributed by atoms with Gasteiger partial charge in [0.2, 0.25) is 16.7 Å². The summed E-state index contributed by atoms with van der Waals surface area (Å²) in [6, 6.07) is 4.90. The van der Waals surface area contributed by atoms with Crippen LogP contribution >= 0.6 is 0 Å². The van der Waals surface area contributed by atoms with E-state index in [2.05, 4.69) is 31.1 Å². The quantitative estimate of drug-likeness (QED) is 0.245. The average Bonchev–Trinajstić information content (AvgIpc) is 2.98. The van der Waals surface area contributed by atoms with Crippen LogP contribution in [-0.4, -0.2) is 64.9 Å². The van der Waals surface area contributed by atoms with Gasteiger partial charge in [0.25, 0.3) is 5.91 Å². The molecule has 2 aliphatic heterocycles. The van der Waals surface area contributed by atoms with Gasteiger partial charge in [0, 0.05) is 24.5 Å². The van der Waals surface area contributed by atoms with E-state index in [-0.39, 0.29) is 13.0 Å². The van der Waals surface area contributed by atoms with Gasteiger partial charge in [0.1, 0.15) is 41.4 Å². The number of carbonyl (C=O) groups is 4. The number of aromatic nitrogens is 1. The lowest BCUT2D eigenvalue weighted by Gasteiger charge is -2.35. The van der Waals surface area contributed by atoms with Crippen molar-refractivity contribution in [3.05, 3.63) is 47.8 Å². The molecule has 4 N–H and O–H groups in total. The molecule has 1 aromatic heterocycles. The van der Waals surface area contributed by atoms with Gasteiger partial charge in [-0.2, -0.15) is 0 Å². The Balaban J connectivity index is 1.69. The Morgan fingerprint density at radius 1 is 1.14 bits per heavy atom. The summed E-state index contributed by atoms with van der Waals surface area (Å²) < 4.78 is 5.78. The van der Waals surface area contributed by atoms with Crippen LogP contribution in [0.1, 0.15) is 64.3 Å². The number of ether oxygens (including phenoxy) is 1. The number of pyridine rings is 1. The Hall–Kier alpha value is -4.48. The third kappa shape index (κ3) is 7.23. The topological polar surface area (TPSA) is 180 Å². The first-order valence-corrected chi connectivity index (χ1v) is 14.0. The van der Waals surface area contributed by atoms with Crippen molar-refractivity contribution in [2.75, 3.05) is 13.1 Å². The lowest BCUT2D eigenvalue weighted by molar-refractivity contribution is -0.157. The van der Waals surface area contributed by atoms with Crippen molar-refractivity contribution in [2.24, 2.45) is 10.5 Å². The Bertz CT molecular complexity index is 1450. The Morgan fingerprint density at radius 3 is 2.69 bits per heavy atom. The van der Waals surface area contributed by atoms with E-state index in [0.29, 0.717) is 25.1 Å². The number of nitrogens with one attached hydrogen (secondary N) is 4. The van der Waals surface area contributed by atoms with Crippen LogP contribution in [0.4, 0.5) is 0 Å². The number of amides is 3. The third-order valence-electron chi connectivity index (χ3n) is 7.46. The molecule has 3 heterocycles. The minimum atomic E-state index is -1.03. The third-order valence-corrected chi connectivity index (χ3v) is 7.46. The van der Waals surface area contributed by atoms with Gasteiger partial charge >= 0.3 is 5.97 Å². The highest BCUT2D eigenvalue weighted by atomic mass is 16.5. The molecule has 1 saturated heterocycles. The van der Waals surface area contributed by atoms with E-state index in [4.69, 9.17) is 10.3 Å². The van der Waals surface area contributed by atoms with Crippen LogP contribution in [-0.2, 0) is 23.9 Å². The molecule has 42 heavy (non-hydrogen) atoms. The summed E-state index contributed by atoms with van der Waals surface area (Å²) in [5.74, 6) is -1.91. The van der Waals surface area contributed by atoms with Gasteiger partial charge < -0.3 is 15.4 Å². The molecule has 5 bridgehead atoms. The van der Waals surface area contributed by atoms with E-state index in [1.54, 1.807) is 39.1 Å². The second-order valence-corrected chi connectivity index (χ2v) is 11.2. The van der Waals surface area contributed by atoms with Crippen molar-refractivity contribution in [1.29, 1.82) is 5.53 Å². The molecule has 13 nitrogen and oxygen atoms in total. The lowest BCUT2D eigenvalue weighted by Crippen LogP contribution is -2.60. The maximum atomic E-state index is 13.3. The van der Waals surface area contributed by atoms with Crippen LogP contribution in [0, 0.1) is 10.9 Å². The smallest absolute Gasteiger partial charge is 0.325 e. The maximum absolute atomic E-state index is 13.3. The molecule has 2 aromatic rings. The number of hydrazine groups is 1. The number of fused-ring (bicyclic) bond motifs is 4. The van der Waals surface area contributed by atoms with E-state index in [9.17, 15) is 19.2 Å². The summed E-state index contributed by atoms with van der Waals surface area (Å²) in [5.41, 5.74) is 10.3. The lowest BCUT2D eigenvalue weighted by atomic mass is 9.90. The summed E-state index contributed by atoms with van der Waals surface area (Å²) in [6.45, 7) is 7.14. The molecule has 0 aliphatic carbocycles. The maximum Gasteiger partial charge on any atom is 0.325 e. The van der Waals surface area contributed by atoms with Gasteiger partial charge in [-0.15, -0.1) is 0 Å². The van der Waals surface area contributed by atoms with E-state index < -0.39 is 53.3 Å². The van der Waals surface area contributed by atoms with E-state index in [1.807, 2.05) is 24.3 Å². The molecule has 1 fully saturated rings. The predicted octanol–water partition coefficient (Wildman–Crippen LogP) is 2.32. The monoisotopic (exact) mass is 577 g/mol. The zero-order valence-electron chi connectivity index (χ0n) is 24.2. The summed E-state index contributed by atoms with van der Waals surface area (Å²) in [5, 5.41) is 12.2. The largest absolute Gasteiger partial charge is 0.457 e. The molecule has 13 heteroatoms. The van der Waals surface area contributed by atoms with Crippen molar-refractivity contribution >= 4 is 40.5 Å². The van der Waals surface area contributed by atoms with Crippen molar-refractivity contribution < 1.29 is 23.9 Å². The highest BCUT2D eigenvalue weighted by Crippen LogP contribution is 2.25. The SMILES string of the molecule is CC1NC(=O)C(CCN=[N+]=N)NC(=O)C(C)(C)/C=C/c2cc3cc(ccc3cn2)[C@@H](C)OC(=O)C2CCCN(N2)C1=O. The van der Waals surface area contributed by atoms with Crippen molar-refractivity contribution in [3.63, 3.8) is 0 Å². The molecule has 4 atom stereocenters. The fourth-order valence-corrected chi connectivity index (χ4v) is 4.79. The van der Waals surface area contributed by atoms with Crippen LogP contribution in [0.5, 0.6) is 0 Å². The molecule has 0 saturated carbocycles. The van der Waals surface area contributed by atoms with Crippen molar-refractivity contribution in [3.8, 4) is 0 Å². The van der Waals surface area contributed by atoms with Crippen LogP contribution in [0.15, 0.2) is 41.7 Å². The summed E-state index contributed by atoms with van der Waals surface area (Å²) in [4.78, 5) is 60.3. The van der Waals surface area contributed by atoms with Gasteiger partial charge in [-0.25, -0.2) is 5.43 Å². The fourth-order valence-electron chi connectivity index (χ4n) is 4.79. The molecule has 3 amide bonds. The highest BCUT2D eigenvalue weighted by molar-refractivity contribution is 5.94. The zero-order chi connectivity index (χ0) is 30.4. The van der Waals surface area contributed by atoms with Gasteiger partial charge in [-0.3, -0.25) is 29.2 Å². The Labute approximate surface area is 243 Å². The number of hydrogen-bond acceptors (Lipinski definition) is 9. The second kappa shape index (κ2) is 13.0. The normalized spacial score (nSPS) is 26.0. The Morgan fingerprint density at radius 2 is 1.93 bits per heavy atom. The van der Waals surface area contributed by atoms with Crippen LogP contribution in [0.3, 0.4) is 0 Å². The predicted molar refractivity (Wildman–Crippen MR) is 153 cm³/mol. The molecule has 0 spiro atoms. The van der Waals surface area contributed by atoms with E-state index in [1.165, 1.54) is 11.9 Å². The Kier molecular flexibility index (Phi) is 9.44. The van der Waals surface area contributed by atoms with Crippen LogP contribution < -0.4 is 21.0 Å². The summed E-state index contributed by atoms with van der Waals surface area (Å²) >= 11 is 0. The molecule has 4 rings (SSSR count). The molecule has 3 unspecified atom stereocenters. The molecule has 2 aliphatic rings. The summed E-state index contributed by atoms with van der Waals surface area (Å²) in [6.07, 6.45) is 5.77. The van der Waals surface area contributed by atoms with E-state index >= 15 is 0 Å². The second-order valence-electron chi connectivity index (χ2n) is 11.2. The number of rotatable bonds is 3. The molecular weight excluding hydrogens is 540 g/mol. The first-order chi connectivity index (χ1) is 20.0. The van der Waals surface area contributed by atoms with Crippen LogP contribution in [0.25, 0.3) is 16.8 Å². The number of cyclic esters (lactones) is 1. The number of benzene rings is 1. The number of carbonyl (C=O) groups excluding carboxylic acids is 4. The molecule has 1 aromatic carbocycles. The minimum absolute atomic E-state index is 0.0271. The van der Waals surface area contributed by atoms with Gasteiger partial charge in [0.05, 0.1) is 11.1 Å². The average molecular weight is 578 g/mol. The first-order valence-electron chi connectivity index (χ1n) is 14.0. The minimum Gasteiger partial charge on any atom is -0.457 e. The summed E-state index contributed by atoms with van der Waals surface area (Å²) in [7, 11) is 0. The van der Waals surface area contributed by atoms with Crippen molar-refractivity contribution in [1.82, 2.24) is 31.0 Å². The molecular formula is C29H37N8O5+. The van der Waals surface area contributed by atoms with Gasteiger partial charge in [-0.05, 0) is 69.7 Å². The van der Waals surface area contributed by atoms with Gasteiger partial charge in [-0.1, -0.05) is 18.2 Å². The van der Waals surface area contributed by atoms with Gasteiger partial charge in [0.15, 0.2) is 0 Å². The molecule has 222 valence electrons. The number of hydrogen-bond donors (Lipinski definition) is 4. The highest BCUT2D eigenvalue weighted by Gasteiger charge is 2.34. The fraction of sp³-hybridized carbons (Fsp3) is 0.483. The van der Waals surface area contributed by atoms with Crippen LogP contribution in [0.2, 0.25) is 0 Å². The van der Waals surface area contributed by atoms with Crippen molar-refractivity contribution in [2.45, 2.75) is 71.2 Å². The number of nitrogens with zero attached hydrogens (tertiary/aromatic N) is 4. The molecule has 0 radical (unpaired) electrons. The first kappa shape index (κ1) is 30.5. The van der Waals surface area contributed by atoms with E-state index in [0.717, 1.165) is 16.3 Å². The number of esters is 1.